The van der Waals surface area contributed by atoms with Crippen molar-refractivity contribution in [1.82, 2.24) is 14.9 Å². The number of aryl methyl sites for hydroxylation is 1. The second-order valence-electron chi connectivity index (χ2n) is 7.87. The molecule has 1 aromatic heterocycles. The van der Waals surface area contributed by atoms with Gasteiger partial charge in [0.15, 0.2) is 0 Å². The van der Waals surface area contributed by atoms with Crippen LogP contribution in [-0.4, -0.2) is 35.2 Å². The zero-order valence-corrected chi connectivity index (χ0v) is 18.6. The van der Waals surface area contributed by atoms with E-state index in [0.717, 1.165) is 59.2 Å². The molecule has 0 saturated heterocycles. The molecule has 0 spiro atoms. The smallest absolute Gasteiger partial charge is 0.143 e. The quantitative estimate of drug-likeness (QED) is 0.540. The maximum Gasteiger partial charge on any atom is 0.143 e. The van der Waals surface area contributed by atoms with Gasteiger partial charge in [-0.25, -0.2) is 9.37 Å². The van der Waals surface area contributed by atoms with Crippen LogP contribution in [0, 0.1) is 12.7 Å². The Morgan fingerprint density at radius 2 is 1.97 bits per heavy atom. The molecule has 0 fully saturated rings. The van der Waals surface area contributed by atoms with Gasteiger partial charge in [-0.3, -0.25) is 4.99 Å². The second kappa shape index (κ2) is 9.68. The molecule has 0 saturated carbocycles. The summed E-state index contributed by atoms with van der Waals surface area (Å²) in [7, 11) is 1.68. The number of hydrogen-bond donors (Lipinski definition) is 2. The standard InChI is InChI=1S/C25H28FN5O/c1-17-15-31(16-28-17)23-11-6-19(14-24(23)32-3)13-20-5-4-12-27-25(20)30-18(2)29-22-9-7-21(26)8-10-22/h6-11,13-16,18,29H,4-5,12H2,1-3H3,(H,27,30)/b20-13+. The molecule has 0 amide bonds. The number of halogens is 1. The molecule has 2 aromatic carbocycles. The number of anilines is 1. The molecule has 4 rings (SSSR count). The number of aromatic nitrogens is 2. The summed E-state index contributed by atoms with van der Waals surface area (Å²) in [5, 5.41) is 6.79. The molecule has 3 aromatic rings. The number of hydrogen-bond acceptors (Lipinski definition) is 5. The fraction of sp³-hybridized carbons (Fsp3) is 0.280. The maximum atomic E-state index is 13.1. The Hall–Kier alpha value is -3.61. The van der Waals surface area contributed by atoms with Crippen molar-refractivity contribution in [1.29, 1.82) is 0 Å². The molecule has 1 atom stereocenters. The van der Waals surface area contributed by atoms with E-state index in [0.29, 0.717) is 0 Å². The number of rotatable bonds is 6. The predicted octanol–water partition coefficient (Wildman–Crippen LogP) is 4.95. The summed E-state index contributed by atoms with van der Waals surface area (Å²) in [6.45, 7) is 4.78. The summed E-state index contributed by atoms with van der Waals surface area (Å²) in [4.78, 5) is 9.01. The number of nitrogens with zero attached hydrogens (tertiary/aromatic N) is 3. The average molecular weight is 434 g/mol. The Morgan fingerprint density at radius 3 is 2.69 bits per heavy atom. The summed E-state index contributed by atoms with van der Waals surface area (Å²) >= 11 is 0. The highest BCUT2D eigenvalue weighted by molar-refractivity contribution is 6.02. The Morgan fingerprint density at radius 1 is 1.16 bits per heavy atom. The van der Waals surface area contributed by atoms with Gasteiger partial charge in [0.1, 0.15) is 17.4 Å². The highest BCUT2D eigenvalue weighted by atomic mass is 19.1. The van der Waals surface area contributed by atoms with Gasteiger partial charge in [0.2, 0.25) is 0 Å². The van der Waals surface area contributed by atoms with Crippen molar-refractivity contribution in [3.8, 4) is 11.4 Å². The van der Waals surface area contributed by atoms with E-state index in [1.807, 2.05) is 36.7 Å². The second-order valence-corrected chi connectivity index (χ2v) is 7.87. The molecule has 1 aliphatic rings. The Labute approximate surface area is 187 Å². The first kappa shape index (κ1) is 21.6. The largest absolute Gasteiger partial charge is 0.495 e. The van der Waals surface area contributed by atoms with Gasteiger partial charge in [0, 0.05) is 18.4 Å². The van der Waals surface area contributed by atoms with Gasteiger partial charge in [0.25, 0.3) is 0 Å². The van der Waals surface area contributed by atoms with E-state index in [1.165, 1.54) is 12.1 Å². The maximum absolute atomic E-state index is 13.1. The molecule has 0 radical (unpaired) electrons. The zero-order chi connectivity index (χ0) is 22.5. The molecular formula is C25H28FN5O. The van der Waals surface area contributed by atoms with Gasteiger partial charge in [-0.1, -0.05) is 6.07 Å². The number of nitrogens with one attached hydrogen (secondary N) is 2. The van der Waals surface area contributed by atoms with Crippen molar-refractivity contribution in [2.45, 2.75) is 32.9 Å². The van der Waals surface area contributed by atoms with E-state index >= 15 is 0 Å². The minimum atomic E-state index is -0.248. The van der Waals surface area contributed by atoms with Crippen molar-refractivity contribution in [2.75, 3.05) is 19.0 Å². The van der Waals surface area contributed by atoms with Gasteiger partial charge in [-0.2, -0.15) is 0 Å². The highest BCUT2D eigenvalue weighted by Gasteiger charge is 2.15. The van der Waals surface area contributed by atoms with E-state index in [-0.39, 0.29) is 12.0 Å². The van der Waals surface area contributed by atoms with Crippen LogP contribution in [0.25, 0.3) is 11.8 Å². The number of ether oxygens (including phenoxy) is 1. The topological polar surface area (TPSA) is 63.5 Å². The van der Waals surface area contributed by atoms with Gasteiger partial charge in [-0.05, 0) is 80.3 Å². The van der Waals surface area contributed by atoms with Crippen molar-refractivity contribution in [3.63, 3.8) is 0 Å². The van der Waals surface area contributed by atoms with Crippen LogP contribution < -0.4 is 15.4 Å². The Kier molecular flexibility index (Phi) is 6.54. The predicted molar refractivity (Wildman–Crippen MR) is 127 cm³/mol. The van der Waals surface area contributed by atoms with Crippen LogP contribution >= 0.6 is 0 Å². The SMILES string of the molecule is COc1cc(/C=C2\CCCN=C2NC(C)Nc2ccc(F)cc2)ccc1-n1cnc(C)c1. The molecule has 1 aliphatic heterocycles. The fourth-order valence-electron chi connectivity index (χ4n) is 3.75. The third-order valence-corrected chi connectivity index (χ3v) is 5.29. The van der Waals surface area contributed by atoms with Crippen LogP contribution in [0.1, 0.15) is 31.0 Å². The number of methoxy groups -OCH3 is 1. The fourth-order valence-corrected chi connectivity index (χ4v) is 3.75. The van der Waals surface area contributed by atoms with E-state index in [4.69, 9.17) is 9.73 Å². The molecule has 166 valence electrons. The summed E-state index contributed by atoms with van der Waals surface area (Å²) in [5.41, 5.74) is 4.95. The average Bonchev–Trinajstić information content (AvgIpc) is 3.22. The van der Waals surface area contributed by atoms with Crippen LogP contribution in [-0.2, 0) is 0 Å². The van der Waals surface area contributed by atoms with Gasteiger partial charge >= 0.3 is 0 Å². The lowest BCUT2D eigenvalue weighted by Gasteiger charge is -2.23. The van der Waals surface area contributed by atoms with E-state index < -0.39 is 0 Å². The molecule has 32 heavy (non-hydrogen) atoms. The van der Waals surface area contributed by atoms with E-state index in [1.54, 1.807) is 25.6 Å². The minimum Gasteiger partial charge on any atom is -0.495 e. The lowest BCUT2D eigenvalue weighted by molar-refractivity contribution is 0.413. The van der Waals surface area contributed by atoms with Crippen LogP contribution in [0.3, 0.4) is 0 Å². The van der Waals surface area contributed by atoms with Gasteiger partial charge in [0.05, 0.1) is 31.0 Å². The van der Waals surface area contributed by atoms with Gasteiger partial charge in [-0.15, -0.1) is 0 Å². The molecule has 0 aliphatic carbocycles. The number of aliphatic imine (C=N–C) groups is 1. The Bertz CT molecular complexity index is 1130. The van der Waals surface area contributed by atoms with Crippen LogP contribution in [0.2, 0.25) is 0 Å². The number of amidine groups is 1. The van der Waals surface area contributed by atoms with Crippen molar-refractivity contribution < 1.29 is 9.13 Å². The molecule has 2 N–H and O–H groups in total. The van der Waals surface area contributed by atoms with E-state index in [9.17, 15) is 4.39 Å². The van der Waals surface area contributed by atoms with Crippen LogP contribution in [0.5, 0.6) is 5.75 Å². The van der Waals surface area contributed by atoms with E-state index in [2.05, 4.69) is 27.8 Å². The van der Waals surface area contributed by atoms with Gasteiger partial charge < -0.3 is 19.9 Å². The first-order valence-corrected chi connectivity index (χ1v) is 10.7. The summed E-state index contributed by atoms with van der Waals surface area (Å²) in [6, 6.07) is 12.5. The molecule has 0 bridgehead atoms. The number of benzene rings is 2. The third kappa shape index (κ3) is 5.17. The highest BCUT2D eigenvalue weighted by Crippen LogP contribution is 2.27. The molecule has 7 heteroatoms. The monoisotopic (exact) mass is 433 g/mol. The third-order valence-electron chi connectivity index (χ3n) is 5.29. The molecule has 6 nitrogen and oxygen atoms in total. The number of imidazole rings is 1. The summed E-state index contributed by atoms with van der Waals surface area (Å²) in [6.07, 6.45) is 7.81. The van der Waals surface area contributed by atoms with Crippen molar-refractivity contribution in [2.24, 2.45) is 4.99 Å². The summed E-state index contributed by atoms with van der Waals surface area (Å²) < 4.78 is 20.8. The molecule has 2 heterocycles. The lowest BCUT2D eigenvalue weighted by atomic mass is 10.0. The van der Waals surface area contributed by atoms with Crippen LogP contribution in [0.15, 0.2) is 65.6 Å². The first-order chi connectivity index (χ1) is 15.5. The van der Waals surface area contributed by atoms with Crippen LogP contribution in [0.4, 0.5) is 10.1 Å². The Balaban J connectivity index is 1.52. The minimum absolute atomic E-state index is 0.0675. The normalized spacial score (nSPS) is 15.9. The van der Waals surface area contributed by atoms with Crippen molar-refractivity contribution >= 4 is 17.6 Å². The molecule has 1 unspecified atom stereocenters. The van der Waals surface area contributed by atoms with Crippen molar-refractivity contribution in [3.05, 3.63) is 77.6 Å². The lowest BCUT2D eigenvalue weighted by Crippen LogP contribution is -2.40. The summed E-state index contributed by atoms with van der Waals surface area (Å²) in [5.74, 6) is 1.42. The zero-order valence-electron chi connectivity index (χ0n) is 18.6. The molecular weight excluding hydrogens is 405 g/mol. The first-order valence-electron chi connectivity index (χ1n) is 10.7.